The molecule has 0 spiro atoms. The number of nitrogens with zero attached hydrogens (tertiary/aromatic N) is 2. The van der Waals surface area contributed by atoms with Gasteiger partial charge in [-0.2, -0.15) is 0 Å². The Labute approximate surface area is 165 Å². The number of amides is 2. The minimum atomic E-state index is -0.872. The molecule has 2 aliphatic heterocycles. The Bertz CT molecular complexity index is 713. The van der Waals surface area contributed by atoms with Gasteiger partial charge in [-0.05, 0) is 26.3 Å². The van der Waals surface area contributed by atoms with Crippen LogP contribution in [-0.4, -0.2) is 65.5 Å². The van der Waals surface area contributed by atoms with Crippen molar-refractivity contribution in [1.82, 2.24) is 9.80 Å². The molecule has 2 aliphatic rings. The van der Waals surface area contributed by atoms with E-state index < -0.39 is 18.0 Å². The third-order valence-corrected chi connectivity index (χ3v) is 5.14. The largest absolute Gasteiger partial charge is 0.452 e. The van der Waals surface area contributed by atoms with E-state index in [4.69, 9.17) is 9.47 Å². The monoisotopic (exact) mass is 388 g/mol. The highest BCUT2D eigenvalue weighted by Crippen LogP contribution is 2.22. The van der Waals surface area contributed by atoms with Gasteiger partial charge in [-0.15, -0.1) is 0 Å². The van der Waals surface area contributed by atoms with E-state index in [2.05, 4.69) is 0 Å². The van der Waals surface area contributed by atoms with Crippen molar-refractivity contribution < 1.29 is 23.9 Å². The Morgan fingerprint density at radius 2 is 1.79 bits per heavy atom. The lowest BCUT2D eigenvalue weighted by Gasteiger charge is -2.36. The maximum Gasteiger partial charge on any atom is 0.312 e. The molecule has 7 heteroatoms. The molecular weight excluding hydrogens is 360 g/mol. The van der Waals surface area contributed by atoms with Crippen molar-refractivity contribution in [2.24, 2.45) is 5.92 Å². The number of carbonyl (C=O) groups excluding carboxylic acids is 3. The van der Waals surface area contributed by atoms with Gasteiger partial charge in [0.15, 0.2) is 6.10 Å². The summed E-state index contributed by atoms with van der Waals surface area (Å²) in [6.07, 6.45) is -0.842. The molecule has 2 heterocycles. The highest BCUT2D eigenvalue weighted by atomic mass is 16.5. The number of likely N-dealkylation sites (tertiary alicyclic amines) is 1. The minimum absolute atomic E-state index is 0.0467. The van der Waals surface area contributed by atoms with Gasteiger partial charge < -0.3 is 19.3 Å². The van der Waals surface area contributed by atoms with Gasteiger partial charge in [0.25, 0.3) is 5.91 Å². The van der Waals surface area contributed by atoms with Crippen LogP contribution >= 0.6 is 0 Å². The molecule has 0 aromatic heterocycles. The molecular formula is C21H28N2O5. The summed E-state index contributed by atoms with van der Waals surface area (Å²) < 4.78 is 11.1. The highest BCUT2D eigenvalue weighted by molar-refractivity contribution is 5.89. The van der Waals surface area contributed by atoms with Crippen LogP contribution in [0.3, 0.4) is 0 Å². The van der Waals surface area contributed by atoms with Crippen LogP contribution in [0.2, 0.25) is 0 Å². The predicted octanol–water partition coefficient (Wildman–Crippen LogP) is 1.60. The molecule has 2 fully saturated rings. The fraction of sp³-hybridized carbons (Fsp3) is 0.571. The second-order valence-electron chi connectivity index (χ2n) is 7.74. The summed E-state index contributed by atoms with van der Waals surface area (Å²) >= 11 is 0. The van der Waals surface area contributed by atoms with Crippen LogP contribution in [0, 0.1) is 5.92 Å². The SMILES string of the molecule is C[C@@H]1CN(C(=O)[C@H](C)OC(=O)[C@@H]2CC(=O)N(Cc3ccccc3)C2)C[C@H](C)O1. The van der Waals surface area contributed by atoms with Gasteiger partial charge in [-0.1, -0.05) is 30.3 Å². The van der Waals surface area contributed by atoms with Crippen molar-refractivity contribution in [1.29, 1.82) is 0 Å². The number of benzene rings is 1. The summed E-state index contributed by atoms with van der Waals surface area (Å²) in [5.74, 6) is -1.31. The molecule has 0 unspecified atom stereocenters. The summed E-state index contributed by atoms with van der Waals surface area (Å²) in [4.78, 5) is 40.8. The van der Waals surface area contributed by atoms with E-state index in [0.717, 1.165) is 5.56 Å². The first-order chi connectivity index (χ1) is 13.3. The van der Waals surface area contributed by atoms with Crippen LogP contribution in [0.4, 0.5) is 0 Å². The number of carbonyl (C=O) groups is 3. The maximum absolute atomic E-state index is 12.6. The van der Waals surface area contributed by atoms with Crippen molar-refractivity contribution in [3.63, 3.8) is 0 Å². The number of rotatable bonds is 5. The molecule has 0 bridgehead atoms. The average Bonchev–Trinajstić information content (AvgIpc) is 3.01. The number of ether oxygens (including phenoxy) is 2. The zero-order valence-corrected chi connectivity index (χ0v) is 16.7. The molecule has 152 valence electrons. The zero-order valence-electron chi connectivity index (χ0n) is 16.7. The van der Waals surface area contributed by atoms with Crippen LogP contribution < -0.4 is 0 Å². The van der Waals surface area contributed by atoms with Crippen LogP contribution in [0.25, 0.3) is 0 Å². The molecule has 0 aliphatic carbocycles. The summed E-state index contributed by atoms with van der Waals surface area (Å²) in [5.41, 5.74) is 1.02. The smallest absolute Gasteiger partial charge is 0.312 e. The molecule has 4 atom stereocenters. The third kappa shape index (κ3) is 4.90. The lowest BCUT2D eigenvalue weighted by atomic mass is 10.1. The molecule has 0 saturated carbocycles. The first-order valence-corrected chi connectivity index (χ1v) is 9.80. The first-order valence-electron chi connectivity index (χ1n) is 9.80. The summed E-state index contributed by atoms with van der Waals surface area (Å²) in [6, 6.07) is 9.66. The predicted molar refractivity (Wildman–Crippen MR) is 102 cm³/mol. The Kier molecular flexibility index (Phi) is 6.34. The minimum Gasteiger partial charge on any atom is -0.452 e. The van der Waals surface area contributed by atoms with E-state index in [1.165, 1.54) is 0 Å². The lowest BCUT2D eigenvalue weighted by Crippen LogP contribution is -2.51. The molecule has 28 heavy (non-hydrogen) atoms. The quantitative estimate of drug-likeness (QED) is 0.716. The van der Waals surface area contributed by atoms with E-state index in [1.807, 2.05) is 44.2 Å². The van der Waals surface area contributed by atoms with Crippen molar-refractivity contribution in [3.8, 4) is 0 Å². The normalized spacial score (nSPS) is 26.2. The van der Waals surface area contributed by atoms with Gasteiger partial charge in [0.05, 0.1) is 18.1 Å². The number of morpholine rings is 1. The van der Waals surface area contributed by atoms with Crippen LogP contribution in [0.5, 0.6) is 0 Å². The Balaban J connectivity index is 1.53. The lowest BCUT2D eigenvalue weighted by molar-refractivity contribution is -0.166. The van der Waals surface area contributed by atoms with Gasteiger partial charge in [-0.3, -0.25) is 14.4 Å². The van der Waals surface area contributed by atoms with Gasteiger partial charge in [0.2, 0.25) is 5.91 Å². The van der Waals surface area contributed by atoms with E-state index in [-0.39, 0.29) is 30.4 Å². The fourth-order valence-corrected chi connectivity index (χ4v) is 3.82. The van der Waals surface area contributed by atoms with E-state index >= 15 is 0 Å². The van der Waals surface area contributed by atoms with E-state index in [1.54, 1.807) is 16.7 Å². The molecule has 0 radical (unpaired) electrons. The van der Waals surface area contributed by atoms with Gasteiger partial charge in [0, 0.05) is 32.6 Å². The Morgan fingerprint density at radius 1 is 1.14 bits per heavy atom. The molecule has 1 aromatic carbocycles. The average molecular weight is 388 g/mol. The summed E-state index contributed by atoms with van der Waals surface area (Å²) in [7, 11) is 0. The molecule has 7 nitrogen and oxygen atoms in total. The number of esters is 1. The van der Waals surface area contributed by atoms with Gasteiger partial charge in [0.1, 0.15) is 0 Å². The molecule has 1 aromatic rings. The van der Waals surface area contributed by atoms with Crippen LogP contribution in [0.1, 0.15) is 32.8 Å². The summed E-state index contributed by atoms with van der Waals surface area (Å²) in [5, 5.41) is 0. The number of hydrogen-bond acceptors (Lipinski definition) is 5. The second kappa shape index (κ2) is 8.73. The summed E-state index contributed by atoms with van der Waals surface area (Å²) in [6.45, 7) is 7.18. The first kappa shape index (κ1) is 20.3. The zero-order chi connectivity index (χ0) is 20.3. The highest BCUT2D eigenvalue weighted by Gasteiger charge is 2.37. The maximum atomic E-state index is 12.6. The second-order valence-corrected chi connectivity index (χ2v) is 7.74. The molecule has 2 amide bonds. The van der Waals surface area contributed by atoms with Crippen LogP contribution in [0.15, 0.2) is 30.3 Å². The standard InChI is InChI=1S/C21H28N2O5/c1-14-10-23(11-15(2)27-14)20(25)16(3)28-21(26)18-9-19(24)22(13-18)12-17-7-5-4-6-8-17/h4-8,14-16,18H,9-13H2,1-3H3/t14-,15+,16-,18+/m0/s1. The van der Waals surface area contributed by atoms with Crippen molar-refractivity contribution in [2.45, 2.75) is 52.0 Å². The molecule has 3 rings (SSSR count). The van der Waals surface area contributed by atoms with E-state index in [0.29, 0.717) is 26.2 Å². The Hall–Kier alpha value is -2.41. The number of hydrogen-bond donors (Lipinski definition) is 0. The van der Waals surface area contributed by atoms with Gasteiger partial charge >= 0.3 is 5.97 Å². The van der Waals surface area contributed by atoms with Crippen molar-refractivity contribution >= 4 is 17.8 Å². The Morgan fingerprint density at radius 3 is 2.43 bits per heavy atom. The topological polar surface area (TPSA) is 76.2 Å². The van der Waals surface area contributed by atoms with Crippen molar-refractivity contribution in [2.75, 3.05) is 19.6 Å². The third-order valence-electron chi connectivity index (χ3n) is 5.14. The van der Waals surface area contributed by atoms with E-state index in [9.17, 15) is 14.4 Å². The molecule has 0 N–H and O–H groups in total. The molecule has 2 saturated heterocycles. The fourth-order valence-electron chi connectivity index (χ4n) is 3.82. The van der Waals surface area contributed by atoms with Gasteiger partial charge in [-0.25, -0.2) is 0 Å². The van der Waals surface area contributed by atoms with Crippen LogP contribution in [-0.2, 0) is 30.4 Å². The van der Waals surface area contributed by atoms with Crippen molar-refractivity contribution in [3.05, 3.63) is 35.9 Å².